The molecule has 0 spiro atoms. The highest BCUT2D eigenvalue weighted by atomic mass is 32.2. The van der Waals surface area contributed by atoms with E-state index in [1.54, 1.807) is 6.92 Å². The van der Waals surface area contributed by atoms with Crippen LogP contribution in [0.5, 0.6) is 0 Å². The fraction of sp³-hybridized carbons (Fsp3) is 0.889. The van der Waals surface area contributed by atoms with E-state index in [1.807, 2.05) is 6.92 Å². The molecule has 100 valence electrons. The molecule has 1 heterocycles. The van der Waals surface area contributed by atoms with Gasteiger partial charge < -0.3 is 5.73 Å². The summed E-state index contributed by atoms with van der Waals surface area (Å²) in [6.07, 6.45) is 0. The van der Waals surface area contributed by atoms with Crippen LogP contribution in [-0.2, 0) is 10.2 Å². The number of nitrogens with zero attached hydrogens (tertiary/aromatic N) is 2. The summed E-state index contributed by atoms with van der Waals surface area (Å²) >= 11 is 4.94. The Morgan fingerprint density at radius 3 is 2.35 bits per heavy atom. The molecule has 1 rings (SSSR count). The summed E-state index contributed by atoms with van der Waals surface area (Å²) in [6, 6.07) is 0.0222. The van der Waals surface area contributed by atoms with Gasteiger partial charge in [0.25, 0.3) is 10.2 Å². The number of nitrogens with two attached hydrogens (primary N) is 1. The van der Waals surface area contributed by atoms with Crippen LogP contribution in [0.25, 0.3) is 0 Å². The van der Waals surface area contributed by atoms with E-state index in [1.165, 1.54) is 4.31 Å². The van der Waals surface area contributed by atoms with Gasteiger partial charge in [-0.2, -0.15) is 12.7 Å². The molecule has 0 amide bonds. The lowest BCUT2D eigenvalue weighted by molar-refractivity contribution is 0.174. The molecule has 8 heteroatoms. The first kappa shape index (κ1) is 14.8. The molecule has 0 aromatic heterocycles. The minimum absolute atomic E-state index is 0.0222. The monoisotopic (exact) mass is 280 g/mol. The van der Waals surface area contributed by atoms with Crippen LogP contribution in [0.15, 0.2) is 0 Å². The first-order chi connectivity index (χ1) is 7.88. The Balaban J connectivity index is 2.54. The lowest BCUT2D eigenvalue weighted by Crippen LogP contribution is -2.55. The lowest BCUT2D eigenvalue weighted by Gasteiger charge is -2.36. The zero-order valence-corrected chi connectivity index (χ0v) is 11.9. The maximum atomic E-state index is 11.7. The Morgan fingerprint density at radius 2 is 1.94 bits per heavy atom. The van der Waals surface area contributed by atoms with Crippen molar-refractivity contribution in [2.75, 3.05) is 32.7 Å². The van der Waals surface area contributed by atoms with Crippen LogP contribution >= 0.6 is 12.2 Å². The van der Waals surface area contributed by atoms with Crippen molar-refractivity contribution >= 4 is 27.4 Å². The van der Waals surface area contributed by atoms with Crippen LogP contribution in [0, 0.1) is 0 Å². The summed E-state index contributed by atoms with van der Waals surface area (Å²) < 4.78 is 27.4. The number of hydrogen-bond acceptors (Lipinski definition) is 4. The SMILES string of the molecule is CCNS(=O)(=O)N1CCN(C(C)C(N)=S)CC1. The van der Waals surface area contributed by atoms with Crippen LogP contribution in [-0.4, -0.2) is 61.4 Å². The predicted octanol–water partition coefficient (Wildman–Crippen LogP) is -0.867. The second kappa shape index (κ2) is 6.05. The predicted molar refractivity (Wildman–Crippen MR) is 72.0 cm³/mol. The summed E-state index contributed by atoms with van der Waals surface area (Å²) in [5.74, 6) is 0. The molecule has 1 atom stereocenters. The van der Waals surface area contributed by atoms with Crippen LogP contribution in [0.4, 0.5) is 0 Å². The van der Waals surface area contributed by atoms with Crippen LogP contribution in [0.2, 0.25) is 0 Å². The summed E-state index contributed by atoms with van der Waals surface area (Å²) in [7, 11) is -3.31. The second-order valence-corrected chi connectivity index (χ2v) is 6.24. The Kier molecular flexibility index (Phi) is 5.26. The Bertz CT molecular complexity index is 363. The molecular weight excluding hydrogens is 260 g/mol. The van der Waals surface area contributed by atoms with Crippen LogP contribution < -0.4 is 10.5 Å². The van der Waals surface area contributed by atoms with Gasteiger partial charge in [-0.3, -0.25) is 4.90 Å². The molecule has 17 heavy (non-hydrogen) atoms. The van der Waals surface area contributed by atoms with Gasteiger partial charge in [0.2, 0.25) is 0 Å². The van der Waals surface area contributed by atoms with Crippen molar-refractivity contribution in [2.45, 2.75) is 19.9 Å². The van der Waals surface area contributed by atoms with Crippen molar-refractivity contribution in [3.63, 3.8) is 0 Å². The topological polar surface area (TPSA) is 78.7 Å². The lowest BCUT2D eigenvalue weighted by atomic mass is 10.2. The van der Waals surface area contributed by atoms with E-state index in [-0.39, 0.29) is 6.04 Å². The third kappa shape index (κ3) is 3.85. The Morgan fingerprint density at radius 1 is 1.41 bits per heavy atom. The van der Waals surface area contributed by atoms with Crippen molar-refractivity contribution in [1.29, 1.82) is 0 Å². The molecule has 1 saturated heterocycles. The van der Waals surface area contributed by atoms with Crippen LogP contribution in [0.1, 0.15) is 13.8 Å². The highest BCUT2D eigenvalue weighted by Gasteiger charge is 2.28. The van der Waals surface area contributed by atoms with Gasteiger partial charge in [-0.05, 0) is 6.92 Å². The molecular formula is C9H20N4O2S2. The van der Waals surface area contributed by atoms with Gasteiger partial charge in [0.05, 0.1) is 11.0 Å². The van der Waals surface area contributed by atoms with Crippen molar-refractivity contribution in [2.24, 2.45) is 5.73 Å². The minimum atomic E-state index is -3.31. The van der Waals surface area contributed by atoms with E-state index in [0.29, 0.717) is 37.7 Å². The molecule has 0 radical (unpaired) electrons. The molecule has 1 unspecified atom stereocenters. The number of piperazine rings is 1. The zero-order valence-electron chi connectivity index (χ0n) is 10.2. The fourth-order valence-corrected chi connectivity index (χ4v) is 3.13. The van der Waals surface area contributed by atoms with E-state index in [4.69, 9.17) is 18.0 Å². The number of rotatable bonds is 5. The van der Waals surface area contributed by atoms with Crippen molar-refractivity contribution in [3.8, 4) is 0 Å². The molecule has 6 nitrogen and oxygen atoms in total. The highest BCUT2D eigenvalue weighted by Crippen LogP contribution is 2.09. The van der Waals surface area contributed by atoms with Crippen molar-refractivity contribution in [3.05, 3.63) is 0 Å². The summed E-state index contributed by atoms with van der Waals surface area (Å²) in [5, 5.41) is 0. The standard InChI is InChI=1S/C9H20N4O2S2/c1-3-11-17(14,15)13-6-4-12(5-7-13)8(2)9(10)16/h8,11H,3-7H2,1-2H3,(H2,10,16). The average molecular weight is 280 g/mol. The maximum absolute atomic E-state index is 11.7. The van der Waals surface area contributed by atoms with E-state index in [0.717, 1.165) is 0 Å². The van der Waals surface area contributed by atoms with E-state index >= 15 is 0 Å². The van der Waals surface area contributed by atoms with E-state index in [9.17, 15) is 8.42 Å². The molecule has 3 N–H and O–H groups in total. The van der Waals surface area contributed by atoms with Gasteiger partial charge in [0, 0.05) is 32.7 Å². The molecule has 0 saturated carbocycles. The van der Waals surface area contributed by atoms with E-state index < -0.39 is 10.2 Å². The third-order valence-electron chi connectivity index (χ3n) is 2.90. The number of nitrogens with one attached hydrogen (secondary N) is 1. The van der Waals surface area contributed by atoms with Gasteiger partial charge in [-0.1, -0.05) is 19.1 Å². The van der Waals surface area contributed by atoms with Gasteiger partial charge in [0.1, 0.15) is 0 Å². The molecule has 1 fully saturated rings. The van der Waals surface area contributed by atoms with Crippen LogP contribution in [0.3, 0.4) is 0 Å². The maximum Gasteiger partial charge on any atom is 0.279 e. The smallest absolute Gasteiger partial charge is 0.279 e. The van der Waals surface area contributed by atoms with Crippen molar-refractivity contribution in [1.82, 2.24) is 13.9 Å². The summed E-state index contributed by atoms with van der Waals surface area (Å²) in [4.78, 5) is 2.55. The van der Waals surface area contributed by atoms with Gasteiger partial charge in [-0.15, -0.1) is 0 Å². The molecule has 0 aromatic rings. The Hall–Kier alpha value is -0.280. The molecule has 0 aromatic carbocycles. The summed E-state index contributed by atoms with van der Waals surface area (Å²) in [6.45, 7) is 6.38. The molecule has 0 bridgehead atoms. The third-order valence-corrected chi connectivity index (χ3v) is 4.94. The second-order valence-electron chi connectivity index (χ2n) is 4.02. The number of hydrogen-bond donors (Lipinski definition) is 2. The van der Waals surface area contributed by atoms with E-state index in [2.05, 4.69) is 9.62 Å². The van der Waals surface area contributed by atoms with Gasteiger partial charge >= 0.3 is 0 Å². The highest BCUT2D eigenvalue weighted by molar-refractivity contribution is 7.87. The van der Waals surface area contributed by atoms with Gasteiger partial charge in [0.15, 0.2) is 0 Å². The summed E-state index contributed by atoms with van der Waals surface area (Å²) in [5.41, 5.74) is 5.58. The normalized spacial score (nSPS) is 21.3. The zero-order chi connectivity index (χ0) is 13.1. The number of thiocarbonyl (C=S) groups is 1. The molecule has 1 aliphatic rings. The first-order valence-corrected chi connectivity index (χ1v) is 7.51. The Labute approximate surface area is 108 Å². The molecule has 0 aliphatic carbocycles. The quantitative estimate of drug-likeness (QED) is 0.640. The first-order valence-electron chi connectivity index (χ1n) is 5.66. The molecule has 1 aliphatic heterocycles. The fourth-order valence-electron chi connectivity index (χ4n) is 1.78. The van der Waals surface area contributed by atoms with Gasteiger partial charge in [-0.25, -0.2) is 4.72 Å². The average Bonchev–Trinajstić information content (AvgIpc) is 2.28. The van der Waals surface area contributed by atoms with Crippen molar-refractivity contribution < 1.29 is 8.42 Å². The minimum Gasteiger partial charge on any atom is -0.392 e. The largest absolute Gasteiger partial charge is 0.392 e.